The first-order valence-electron chi connectivity index (χ1n) is 7.69. The highest BCUT2D eigenvalue weighted by molar-refractivity contribution is 5.64. The van der Waals surface area contributed by atoms with Gasteiger partial charge < -0.3 is 0 Å². The van der Waals surface area contributed by atoms with E-state index in [2.05, 4.69) is 0 Å². The van der Waals surface area contributed by atoms with Crippen molar-refractivity contribution in [3.63, 3.8) is 0 Å². The van der Waals surface area contributed by atoms with Crippen LogP contribution in [0.15, 0.2) is 42.5 Å². The van der Waals surface area contributed by atoms with Crippen LogP contribution < -0.4 is 0 Å². The summed E-state index contributed by atoms with van der Waals surface area (Å²) in [6.45, 7) is 1.98. The fourth-order valence-electron chi connectivity index (χ4n) is 3.17. The number of hydrogen-bond acceptors (Lipinski definition) is 0. The molecular formula is C19H19F3. The summed E-state index contributed by atoms with van der Waals surface area (Å²) in [7, 11) is 0. The minimum Gasteiger partial charge on any atom is -0.247 e. The molecule has 1 aliphatic carbocycles. The van der Waals surface area contributed by atoms with Crippen LogP contribution in [-0.4, -0.2) is 12.3 Å². The van der Waals surface area contributed by atoms with Gasteiger partial charge in [-0.3, -0.25) is 0 Å². The normalized spacial score (nSPS) is 25.2. The minimum atomic E-state index is -1.23. The lowest BCUT2D eigenvalue weighted by Crippen LogP contribution is -2.25. The van der Waals surface area contributed by atoms with Gasteiger partial charge in [0.05, 0.1) is 0 Å². The molecule has 22 heavy (non-hydrogen) atoms. The zero-order valence-electron chi connectivity index (χ0n) is 12.5. The fraction of sp³-hybridized carbons (Fsp3) is 0.368. The Kier molecular flexibility index (Phi) is 4.23. The van der Waals surface area contributed by atoms with Gasteiger partial charge in [-0.1, -0.05) is 42.0 Å². The second-order valence-corrected chi connectivity index (χ2v) is 6.14. The summed E-state index contributed by atoms with van der Waals surface area (Å²) in [6, 6.07) is 12.5. The van der Waals surface area contributed by atoms with Crippen molar-refractivity contribution in [1.82, 2.24) is 0 Å². The quantitative estimate of drug-likeness (QED) is 0.663. The van der Waals surface area contributed by atoms with Crippen LogP contribution in [0.1, 0.15) is 36.3 Å². The molecule has 2 aromatic rings. The molecule has 0 amide bonds. The van der Waals surface area contributed by atoms with Gasteiger partial charge in [-0.15, -0.1) is 0 Å². The number of aryl methyl sites for hydroxylation is 1. The second-order valence-electron chi connectivity index (χ2n) is 6.14. The number of halogens is 3. The van der Waals surface area contributed by atoms with E-state index < -0.39 is 18.3 Å². The van der Waals surface area contributed by atoms with Crippen molar-refractivity contribution < 1.29 is 13.2 Å². The van der Waals surface area contributed by atoms with Crippen LogP contribution in [0.3, 0.4) is 0 Å². The van der Waals surface area contributed by atoms with Gasteiger partial charge in [0.25, 0.3) is 0 Å². The third-order valence-corrected chi connectivity index (χ3v) is 4.49. The summed E-state index contributed by atoms with van der Waals surface area (Å²) >= 11 is 0. The fourth-order valence-corrected chi connectivity index (χ4v) is 3.17. The van der Waals surface area contributed by atoms with Gasteiger partial charge in [0, 0.05) is 17.9 Å². The average Bonchev–Trinajstić information content (AvgIpc) is 2.48. The van der Waals surface area contributed by atoms with Gasteiger partial charge in [-0.05, 0) is 37.0 Å². The number of rotatable bonds is 2. The van der Waals surface area contributed by atoms with Crippen LogP contribution in [0.25, 0.3) is 11.1 Å². The van der Waals surface area contributed by atoms with E-state index >= 15 is 0 Å². The molecule has 1 aliphatic rings. The summed E-state index contributed by atoms with van der Waals surface area (Å²) in [6.07, 6.45) is -1.58. The summed E-state index contributed by atoms with van der Waals surface area (Å²) in [4.78, 5) is 0. The van der Waals surface area contributed by atoms with E-state index in [0.717, 1.165) is 11.1 Å². The summed E-state index contributed by atoms with van der Waals surface area (Å²) < 4.78 is 41.6. The number of alkyl halides is 2. The smallest absolute Gasteiger partial charge is 0.131 e. The van der Waals surface area contributed by atoms with Crippen molar-refractivity contribution in [3.05, 3.63) is 59.4 Å². The molecule has 3 rings (SSSR count). The van der Waals surface area contributed by atoms with Crippen molar-refractivity contribution >= 4 is 0 Å². The Morgan fingerprint density at radius 1 is 0.955 bits per heavy atom. The minimum absolute atomic E-state index is 0.0774. The monoisotopic (exact) mass is 304 g/mol. The first-order valence-corrected chi connectivity index (χ1v) is 7.69. The third kappa shape index (κ3) is 3.03. The Labute approximate surface area is 129 Å². The molecule has 0 aromatic heterocycles. The van der Waals surface area contributed by atoms with E-state index in [9.17, 15) is 13.2 Å². The molecule has 0 bridgehead atoms. The van der Waals surface area contributed by atoms with Gasteiger partial charge in [0.15, 0.2) is 0 Å². The van der Waals surface area contributed by atoms with Gasteiger partial charge in [0.1, 0.15) is 18.2 Å². The van der Waals surface area contributed by atoms with Crippen LogP contribution in [0.2, 0.25) is 0 Å². The van der Waals surface area contributed by atoms with E-state index in [1.165, 1.54) is 6.07 Å². The zero-order valence-corrected chi connectivity index (χ0v) is 12.5. The van der Waals surface area contributed by atoms with Gasteiger partial charge >= 0.3 is 0 Å². The highest BCUT2D eigenvalue weighted by Crippen LogP contribution is 2.37. The highest BCUT2D eigenvalue weighted by atomic mass is 19.1. The van der Waals surface area contributed by atoms with Crippen LogP contribution in [0.4, 0.5) is 13.2 Å². The molecule has 1 saturated carbocycles. The van der Waals surface area contributed by atoms with Crippen molar-refractivity contribution in [2.45, 2.75) is 44.4 Å². The Morgan fingerprint density at radius 3 is 2.32 bits per heavy atom. The Hall–Kier alpha value is -1.77. The molecule has 0 spiro atoms. The van der Waals surface area contributed by atoms with E-state index in [1.807, 2.05) is 31.2 Å². The maximum atomic E-state index is 14.4. The lowest BCUT2D eigenvalue weighted by Gasteiger charge is -2.28. The zero-order chi connectivity index (χ0) is 15.7. The van der Waals surface area contributed by atoms with Crippen LogP contribution in [0.5, 0.6) is 0 Å². The summed E-state index contributed by atoms with van der Waals surface area (Å²) in [5.41, 5.74) is 3.06. The molecule has 0 aliphatic heterocycles. The van der Waals surface area contributed by atoms with Gasteiger partial charge in [-0.2, -0.15) is 0 Å². The lowest BCUT2D eigenvalue weighted by molar-refractivity contribution is 0.136. The molecule has 0 saturated heterocycles. The topological polar surface area (TPSA) is 0 Å². The Balaban J connectivity index is 1.87. The molecule has 2 aromatic carbocycles. The van der Waals surface area contributed by atoms with Gasteiger partial charge in [-0.25, -0.2) is 13.2 Å². The average molecular weight is 304 g/mol. The largest absolute Gasteiger partial charge is 0.247 e. The summed E-state index contributed by atoms with van der Waals surface area (Å²) in [5, 5.41) is 0. The molecule has 3 heteroatoms. The lowest BCUT2D eigenvalue weighted by atomic mass is 9.81. The number of hydrogen-bond donors (Lipinski definition) is 0. The molecule has 0 radical (unpaired) electrons. The van der Waals surface area contributed by atoms with E-state index in [4.69, 9.17) is 0 Å². The Bertz CT molecular complexity index is 648. The maximum Gasteiger partial charge on any atom is 0.131 e. The molecule has 3 atom stereocenters. The van der Waals surface area contributed by atoms with E-state index in [-0.39, 0.29) is 12.2 Å². The first-order chi connectivity index (χ1) is 10.5. The molecule has 116 valence electrons. The standard InChI is InChI=1S/C19H19F3/c1-12-2-4-13(5-3-12)16-8-6-14(10-18(16)21)17-9-7-15(20)11-19(17)22/h2-6,8,10,15,17,19H,7,9,11H2,1H3/t15?,17?,19-/m0/s1. The SMILES string of the molecule is Cc1ccc(-c2ccc(C3CCC(F)C[C@@H]3F)cc2F)cc1. The van der Waals surface area contributed by atoms with Crippen LogP contribution in [-0.2, 0) is 0 Å². The van der Waals surface area contributed by atoms with Crippen molar-refractivity contribution in [2.75, 3.05) is 0 Å². The predicted octanol–water partition coefficient (Wildman–Crippen LogP) is 5.74. The summed E-state index contributed by atoms with van der Waals surface area (Å²) in [5.74, 6) is -0.746. The van der Waals surface area contributed by atoms with E-state index in [0.29, 0.717) is 24.0 Å². The molecule has 0 nitrogen and oxygen atoms in total. The predicted molar refractivity (Wildman–Crippen MR) is 83.0 cm³/mol. The molecule has 0 heterocycles. The maximum absolute atomic E-state index is 14.4. The van der Waals surface area contributed by atoms with Crippen LogP contribution >= 0.6 is 0 Å². The van der Waals surface area contributed by atoms with E-state index in [1.54, 1.807) is 12.1 Å². The number of benzene rings is 2. The third-order valence-electron chi connectivity index (χ3n) is 4.49. The van der Waals surface area contributed by atoms with Crippen molar-refractivity contribution in [2.24, 2.45) is 0 Å². The molecule has 0 N–H and O–H groups in total. The van der Waals surface area contributed by atoms with Crippen molar-refractivity contribution in [3.8, 4) is 11.1 Å². The highest BCUT2D eigenvalue weighted by Gasteiger charge is 2.31. The molecular weight excluding hydrogens is 285 g/mol. The Morgan fingerprint density at radius 2 is 1.68 bits per heavy atom. The first kappa shape index (κ1) is 15.1. The van der Waals surface area contributed by atoms with Crippen LogP contribution in [0, 0.1) is 12.7 Å². The molecule has 1 fully saturated rings. The van der Waals surface area contributed by atoms with Gasteiger partial charge in [0.2, 0.25) is 0 Å². The molecule has 2 unspecified atom stereocenters. The van der Waals surface area contributed by atoms with Crippen molar-refractivity contribution in [1.29, 1.82) is 0 Å². The second kappa shape index (κ2) is 6.15.